The SMILES string of the molecule is Nc1ccc(NC(=O)c2ccc(Br)c(Cl)c2)cc1F. The summed E-state index contributed by atoms with van der Waals surface area (Å²) in [6.45, 7) is 0. The molecule has 0 heterocycles. The van der Waals surface area contributed by atoms with Crippen molar-refractivity contribution in [1.82, 2.24) is 0 Å². The molecule has 0 fully saturated rings. The molecule has 2 rings (SSSR count). The van der Waals surface area contributed by atoms with Crippen LogP contribution in [0.2, 0.25) is 5.02 Å². The molecular formula is C13H9BrClFN2O. The van der Waals surface area contributed by atoms with E-state index in [4.69, 9.17) is 17.3 Å². The molecule has 0 saturated heterocycles. The highest BCUT2D eigenvalue weighted by Gasteiger charge is 2.09. The average Bonchev–Trinajstić information content (AvgIpc) is 2.37. The Labute approximate surface area is 122 Å². The number of hydrogen-bond donors (Lipinski definition) is 2. The van der Waals surface area contributed by atoms with Crippen molar-refractivity contribution in [2.45, 2.75) is 0 Å². The van der Waals surface area contributed by atoms with E-state index in [2.05, 4.69) is 21.2 Å². The molecule has 1 amide bonds. The largest absolute Gasteiger partial charge is 0.396 e. The summed E-state index contributed by atoms with van der Waals surface area (Å²) in [5.74, 6) is -0.954. The molecule has 2 aromatic rings. The molecule has 0 bridgehead atoms. The van der Waals surface area contributed by atoms with Crippen LogP contribution in [0.3, 0.4) is 0 Å². The van der Waals surface area contributed by atoms with E-state index in [0.29, 0.717) is 20.7 Å². The van der Waals surface area contributed by atoms with Crippen LogP contribution in [0.5, 0.6) is 0 Å². The molecule has 0 aromatic heterocycles. The van der Waals surface area contributed by atoms with Gasteiger partial charge in [-0.15, -0.1) is 0 Å². The fourth-order valence-electron chi connectivity index (χ4n) is 1.45. The van der Waals surface area contributed by atoms with Gasteiger partial charge in [-0.3, -0.25) is 4.79 Å². The lowest BCUT2D eigenvalue weighted by atomic mass is 10.2. The summed E-state index contributed by atoms with van der Waals surface area (Å²) in [6.07, 6.45) is 0. The van der Waals surface area contributed by atoms with Crippen molar-refractivity contribution >= 4 is 44.8 Å². The maximum atomic E-state index is 13.2. The molecule has 0 spiro atoms. The Hall–Kier alpha value is -1.59. The van der Waals surface area contributed by atoms with E-state index in [1.807, 2.05) is 0 Å². The molecule has 0 radical (unpaired) electrons. The molecule has 6 heteroatoms. The van der Waals surface area contributed by atoms with Gasteiger partial charge in [0.2, 0.25) is 0 Å². The Bertz CT molecular complexity index is 649. The summed E-state index contributed by atoms with van der Waals surface area (Å²) < 4.78 is 13.9. The lowest BCUT2D eigenvalue weighted by molar-refractivity contribution is 0.102. The molecule has 2 aromatic carbocycles. The minimum atomic E-state index is -0.577. The van der Waals surface area contributed by atoms with Gasteiger partial charge in [0.15, 0.2) is 0 Å². The summed E-state index contributed by atoms with van der Waals surface area (Å²) in [4.78, 5) is 11.9. The van der Waals surface area contributed by atoms with E-state index in [1.165, 1.54) is 18.2 Å². The van der Waals surface area contributed by atoms with E-state index in [1.54, 1.807) is 12.1 Å². The minimum absolute atomic E-state index is 0.0321. The van der Waals surface area contributed by atoms with Crippen LogP contribution in [-0.2, 0) is 0 Å². The number of rotatable bonds is 2. The van der Waals surface area contributed by atoms with E-state index in [9.17, 15) is 9.18 Å². The molecule has 98 valence electrons. The standard InChI is InChI=1S/C13H9BrClFN2O/c14-9-3-1-7(5-10(9)15)13(19)18-8-2-4-12(17)11(16)6-8/h1-6H,17H2,(H,18,19). The number of carbonyl (C=O) groups excluding carboxylic acids is 1. The molecular weight excluding hydrogens is 335 g/mol. The Kier molecular flexibility index (Phi) is 4.07. The highest BCUT2D eigenvalue weighted by atomic mass is 79.9. The summed E-state index contributed by atoms with van der Waals surface area (Å²) in [5.41, 5.74) is 6.10. The highest BCUT2D eigenvalue weighted by molar-refractivity contribution is 9.10. The number of halogens is 3. The van der Waals surface area contributed by atoms with Crippen LogP contribution in [0.25, 0.3) is 0 Å². The van der Waals surface area contributed by atoms with E-state index in [-0.39, 0.29) is 11.6 Å². The van der Waals surface area contributed by atoms with Crippen LogP contribution in [0, 0.1) is 5.82 Å². The Morgan fingerprint density at radius 1 is 1.26 bits per heavy atom. The van der Waals surface area contributed by atoms with Crippen molar-refractivity contribution in [3.63, 3.8) is 0 Å². The zero-order chi connectivity index (χ0) is 14.0. The first-order valence-electron chi connectivity index (χ1n) is 5.29. The highest BCUT2D eigenvalue weighted by Crippen LogP contribution is 2.24. The van der Waals surface area contributed by atoms with Crippen molar-refractivity contribution in [1.29, 1.82) is 0 Å². The zero-order valence-corrected chi connectivity index (χ0v) is 11.9. The lowest BCUT2D eigenvalue weighted by Crippen LogP contribution is -2.12. The first-order chi connectivity index (χ1) is 8.97. The lowest BCUT2D eigenvalue weighted by Gasteiger charge is -2.07. The van der Waals surface area contributed by atoms with Crippen LogP contribution >= 0.6 is 27.5 Å². The van der Waals surface area contributed by atoms with Gasteiger partial charge < -0.3 is 11.1 Å². The molecule has 0 aliphatic carbocycles. The first-order valence-corrected chi connectivity index (χ1v) is 6.46. The molecule has 0 aliphatic heterocycles. The average molecular weight is 344 g/mol. The molecule has 0 unspecified atom stereocenters. The smallest absolute Gasteiger partial charge is 0.255 e. The number of anilines is 2. The van der Waals surface area contributed by atoms with Gasteiger partial charge in [0.25, 0.3) is 5.91 Å². The van der Waals surface area contributed by atoms with Gasteiger partial charge in [-0.05, 0) is 52.3 Å². The molecule has 3 N–H and O–H groups in total. The van der Waals surface area contributed by atoms with Crippen LogP contribution in [0.1, 0.15) is 10.4 Å². The van der Waals surface area contributed by atoms with E-state index >= 15 is 0 Å². The van der Waals surface area contributed by atoms with E-state index in [0.717, 1.165) is 6.07 Å². The van der Waals surface area contributed by atoms with E-state index < -0.39 is 5.82 Å². The normalized spacial score (nSPS) is 10.3. The molecule has 19 heavy (non-hydrogen) atoms. The number of nitrogens with two attached hydrogens (primary N) is 1. The fraction of sp³-hybridized carbons (Fsp3) is 0. The van der Waals surface area contributed by atoms with Gasteiger partial charge in [0, 0.05) is 15.7 Å². The predicted octanol–water partition coefficient (Wildman–Crippen LogP) is 4.08. The second kappa shape index (κ2) is 5.59. The number of carbonyl (C=O) groups is 1. The van der Waals surface area contributed by atoms with Crippen LogP contribution in [-0.4, -0.2) is 5.91 Å². The van der Waals surface area contributed by atoms with Gasteiger partial charge in [-0.2, -0.15) is 0 Å². The summed E-state index contributed by atoms with van der Waals surface area (Å²) in [7, 11) is 0. The fourth-order valence-corrected chi connectivity index (χ4v) is 1.87. The van der Waals surface area contributed by atoms with Crippen LogP contribution in [0.15, 0.2) is 40.9 Å². The second-order valence-electron chi connectivity index (χ2n) is 3.82. The molecule has 3 nitrogen and oxygen atoms in total. The van der Waals surface area contributed by atoms with Crippen LogP contribution in [0.4, 0.5) is 15.8 Å². The Morgan fingerprint density at radius 3 is 2.63 bits per heavy atom. The Balaban J connectivity index is 2.20. The maximum Gasteiger partial charge on any atom is 0.255 e. The molecule has 0 saturated carbocycles. The number of benzene rings is 2. The minimum Gasteiger partial charge on any atom is -0.396 e. The number of amides is 1. The van der Waals surface area contributed by atoms with Gasteiger partial charge in [0.05, 0.1) is 10.7 Å². The summed E-state index contributed by atoms with van der Waals surface area (Å²) in [6, 6.07) is 8.87. The number of hydrogen-bond acceptors (Lipinski definition) is 2. The van der Waals surface area contributed by atoms with Crippen molar-refractivity contribution < 1.29 is 9.18 Å². The van der Waals surface area contributed by atoms with Gasteiger partial charge in [-0.25, -0.2) is 4.39 Å². The Morgan fingerprint density at radius 2 is 2.00 bits per heavy atom. The number of nitrogens with one attached hydrogen (secondary N) is 1. The maximum absolute atomic E-state index is 13.2. The number of nitrogen functional groups attached to an aromatic ring is 1. The quantitative estimate of drug-likeness (QED) is 0.807. The first kappa shape index (κ1) is 13.8. The monoisotopic (exact) mass is 342 g/mol. The summed E-state index contributed by atoms with van der Waals surface area (Å²) >= 11 is 9.14. The zero-order valence-electron chi connectivity index (χ0n) is 9.58. The topological polar surface area (TPSA) is 55.1 Å². The van der Waals surface area contributed by atoms with Crippen molar-refractivity contribution in [3.8, 4) is 0 Å². The van der Waals surface area contributed by atoms with Crippen molar-refractivity contribution in [2.75, 3.05) is 11.1 Å². The molecule has 0 atom stereocenters. The third kappa shape index (κ3) is 3.24. The molecule has 0 aliphatic rings. The third-order valence-corrected chi connectivity index (χ3v) is 3.67. The van der Waals surface area contributed by atoms with Gasteiger partial charge in [0.1, 0.15) is 5.82 Å². The van der Waals surface area contributed by atoms with Crippen molar-refractivity contribution in [2.24, 2.45) is 0 Å². The summed E-state index contributed by atoms with van der Waals surface area (Å²) in [5, 5.41) is 2.99. The predicted molar refractivity (Wildman–Crippen MR) is 77.9 cm³/mol. The van der Waals surface area contributed by atoms with Gasteiger partial charge in [-0.1, -0.05) is 11.6 Å². The van der Waals surface area contributed by atoms with Crippen molar-refractivity contribution in [3.05, 3.63) is 57.3 Å². The van der Waals surface area contributed by atoms with Gasteiger partial charge >= 0.3 is 0 Å². The van der Waals surface area contributed by atoms with Crippen LogP contribution < -0.4 is 11.1 Å². The second-order valence-corrected chi connectivity index (χ2v) is 5.08. The third-order valence-electron chi connectivity index (χ3n) is 2.44.